The second-order valence-electron chi connectivity index (χ2n) is 9.33. The Kier molecular flexibility index (Phi) is 7.56. The third kappa shape index (κ3) is 4.97. The van der Waals surface area contributed by atoms with Gasteiger partial charge >= 0.3 is 5.97 Å². The molecule has 4 rings (SSSR count). The summed E-state index contributed by atoms with van der Waals surface area (Å²) in [4.78, 5) is 40.5. The first-order valence-corrected chi connectivity index (χ1v) is 12.4. The Morgan fingerprint density at radius 1 is 1.18 bits per heavy atom. The highest BCUT2D eigenvalue weighted by Crippen LogP contribution is 2.48. The number of benzene rings is 1. The number of hydrogen-bond acceptors (Lipinski definition) is 5. The molecule has 2 amide bonds. The van der Waals surface area contributed by atoms with E-state index < -0.39 is 5.97 Å². The minimum absolute atomic E-state index is 0.0191. The van der Waals surface area contributed by atoms with Gasteiger partial charge < -0.3 is 25.0 Å². The van der Waals surface area contributed by atoms with Gasteiger partial charge in [0.2, 0.25) is 5.91 Å². The fourth-order valence-electron chi connectivity index (χ4n) is 5.65. The first-order valence-electron chi connectivity index (χ1n) is 12.4. The molecular formula is C26H35N3O5. The van der Waals surface area contributed by atoms with Crippen molar-refractivity contribution < 1.29 is 24.2 Å². The third-order valence-electron chi connectivity index (χ3n) is 7.31. The number of nitrogens with one attached hydrogen (secondary N) is 1. The Morgan fingerprint density at radius 2 is 1.94 bits per heavy atom. The summed E-state index contributed by atoms with van der Waals surface area (Å²) in [6.07, 6.45) is 6.26. The fraction of sp³-hybridized carbons (Fsp3) is 0.577. The van der Waals surface area contributed by atoms with Crippen LogP contribution in [-0.2, 0) is 14.3 Å². The van der Waals surface area contributed by atoms with E-state index in [4.69, 9.17) is 4.74 Å². The van der Waals surface area contributed by atoms with Crippen LogP contribution in [-0.4, -0.2) is 73.2 Å². The number of rotatable bonds is 8. The zero-order chi connectivity index (χ0) is 24.2. The van der Waals surface area contributed by atoms with Crippen molar-refractivity contribution in [3.63, 3.8) is 0 Å². The topological polar surface area (TPSA) is 99.2 Å². The first kappa shape index (κ1) is 24.3. The number of anilines is 1. The molecule has 34 heavy (non-hydrogen) atoms. The van der Waals surface area contributed by atoms with Crippen molar-refractivity contribution in [2.45, 2.75) is 51.5 Å². The predicted molar refractivity (Wildman–Crippen MR) is 129 cm³/mol. The molecular weight excluding hydrogens is 434 g/mol. The van der Waals surface area contributed by atoms with Crippen LogP contribution in [0.2, 0.25) is 0 Å². The molecule has 0 spiro atoms. The zero-order valence-corrected chi connectivity index (χ0v) is 20.1. The number of carbonyl (C=O) groups is 3. The van der Waals surface area contributed by atoms with Gasteiger partial charge in [0, 0.05) is 49.5 Å². The SMILES string of the molecule is CCNC(=O)CN(CC)C(=O)c1ccc2c(c1)C1C=C(C3CCOCC3)CCC1N2CC(=O)O. The van der Waals surface area contributed by atoms with Crippen LogP contribution in [0.3, 0.4) is 0 Å². The molecule has 1 aliphatic carbocycles. The van der Waals surface area contributed by atoms with Crippen molar-refractivity contribution in [2.75, 3.05) is 44.3 Å². The van der Waals surface area contributed by atoms with Gasteiger partial charge in [-0.15, -0.1) is 0 Å². The highest BCUT2D eigenvalue weighted by Gasteiger charge is 2.41. The molecule has 2 unspecified atom stereocenters. The first-order chi connectivity index (χ1) is 16.4. The average molecular weight is 470 g/mol. The average Bonchev–Trinajstić information content (AvgIpc) is 3.14. The summed E-state index contributed by atoms with van der Waals surface area (Å²) < 4.78 is 5.54. The molecule has 1 aromatic rings. The van der Waals surface area contributed by atoms with Crippen LogP contribution in [0.5, 0.6) is 0 Å². The van der Waals surface area contributed by atoms with Gasteiger partial charge in [-0.3, -0.25) is 14.4 Å². The quantitative estimate of drug-likeness (QED) is 0.568. The van der Waals surface area contributed by atoms with Gasteiger partial charge in [-0.25, -0.2) is 0 Å². The van der Waals surface area contributed by atoms with Crippen LogP contribution >= 0.6 is 0 Å². The number of hydrogen-bond donors (Lipinski definition) is 2. The fourth-order valence-corrected chi connectivity index (χ4v) is 5.65. The molecule has 1 fully saturated rings. The number of likely N-dealkylation sites (N-methyl/N-ethyl adjacent to an activating group) is 2. The number of ether oxygens (including phenoxy) is 1. The summed E-state index contributed by atoms with van der Waals surface area (Å²) in [5, 5.41) is 12.3. The Labute approximate surface area is 200 Å². The minimum atomic E-state index is -0.856. The monoisotopic (exact) mass is 469 g/mol. The van der Waals surface area contributed by atoms with Gasteiger partial charge in [0.05, 0.1) is 6.54 Å². The van der Waals surface area contributed by atoms with Crippen molar-refractivity contribution in [2.24, 2.45) is 5.92 Å². The molecule has 8 nitrogen and oxygen atoms in total. The van der Waals surface area contributed by atoms with E-state index in [2.05, 4.69) is 11.4 Å². The van der Waals surface area contributed by atoms with Crippen molar-refractivity contribution in [1.82, 2.24) is 10.2 Å². The van der Waals surface area contributed by atoms with Gasteiger partial charge in [0.1, 0.15) is 6.54 Å². The molecule has 3 aliphatic rings. The summed E-state index contributed by atoms with van der Waals surface area (Å²) in [6, 6.07) is 5.64. The number of fused-ring (bicyclic) bond motifs is 3. The minimum Gasteiger partial charge on any atom is -0.480 e. The largest absolute Gasteiger partial charge is 0.480 e. The third-order valence-corrected chi connectivity index (χ3v) is 7.31. The lowest BCUT2D eigenvalue weighted by atomic mass is 9.77. The summed E-state index contributed by atoms with van der Waals surface area (Å²) in [6.45, 7) is 6.20. The van der Waals surface area contributed by atoms with E-state index in [1.165, 1.54) is 5.57 Å². The summed E-state index contributed by atoms with van der Waals surface area (Å²) in [5.74, 6) is -0.640. The normalized spacial score (nSPS) is 21.9. The van der Waals surface area contributed by atoms with Crippen molar-refractivity contribution >= 4 is 23.5 Å². The highest BCUT2D eigenvalue weighted by atomic mass is 16.5. The van der Waals surface area contributed by atoms with Gasteiger partial charge in [-0.05, 0) is 69.2 Å². The number of carbonyl (C=O) groups excluding carboxylic acids is 2. The number of carboxylic acid groups (broad SMARTS) is 1. The molecule has 0 aromatic heterocycles. The Bertz CT molecular complexity index is 969. The Morgan fingerprint density at radius 3 is 2.62 bits per heavy atom. The molecule has 0 radical (unpaired) electrons. The summed E-state index contributed by atoms with van der Waals surface area (Å²) >= 11 is 0. The second-order valence-corrected chi connectivity index (χ2v) is 9.33. The van der Waals surface area contributed by atoms with Crippen LogP contribution < -0.4 is 10.2 Å². The molecule has 8 heteroatoms. The summed E-state index contributed by atoms with van der Waals surface area (Å²) in [5.41, 5.74) is 3.88. The lowest BCUT2D eigenvalue weighted by molar-refractivity contribution is -0.135. The molecule has 0 bridgehead atoms. The van der Waals surface area contributed by atoms with Crippen LogP contribution in [0.15, 0.2) is 29.8 Å². The van der Waals surface area contributed by atoms with E-state index >= 15 is 0 Å². The number of nitrogens with zero attached hydrogens (tertiary/aromatic N) is 2. The zero-order valence-electron chi connectivity index (χ0n) is 20.1. The smallest absolute Gasteiger partial charge is 0.323 e. The van der Waals surface area contributed by atoms with Crippen molar-refractivity contribution in [1.29, 1.82) is 0 Å². The van der Waals surface area contributed by atoms with Crippen molar-refractivity contribution in [3.8, 4) is 0 Å². The Hall–Kier alpha value is -2.87. The van der Waals surface area contributed by atoms with Gasteiger partial charge in [0.15, 0.2) is 0 Å². The molecule has 2 N–H and O–H groups in total. The number of carboxylic acids is 1. The number of allylic oxidation sites excluding steroid dienone is 1. The molecule has 1 aromatic carbocycles. The highest BCUT2D eigenvalue weighted by molar-refractivity contribution is 5.97. The van der Waals surface area contributed by atoms with Crippen molar-refractivity contribution in [3.05, 3.63) is 41.0 Å². The molecule has 2 atom stereocenters. The molecule has 2 aliphatic heterocycles. The molecule has 1 saturated heterocycles. The van der Waals surface area contributed by atoms with Gasteiger partial charge in [-0.1, -0.05) is 11.6 Å². The van der Waals surface area contributed by atoms with E-state index in [9.17, 15) is 19.5 Å². The van der Waals surface area contributed by atoms with Crippen LogP contribution in [0, 0.1) is 5.92 Å². The second kappa shape index (κ2) is 10.6. The lowest BCUT2D eigenvalue weighted by Crippen LogP contribution is -2.40. The Balaban J connectivity index is 1.65. The maximum Gasteiger partial charge on any atom is 0.323 e. The number of aliphatic carboxylic acids is 1. The van der Waals surface area contributed by atoms with Crippen LogP contribution in [0.25, 0.3) is 0 Å². The van der Waals surface area contributed by atoms with Crippen LogP contribution in [0.1, 0.15) is 61.4 Å². The van der Waals surface area contributed by atoms with E-state index in [0.29, 0.717) is 24.6 Å². The number of amides is 2. The molecule has 2 heterocycles. The van der Waals surface area contributed by atoms with Gasteiger partial charge in [0.25, 0.3) is 5.91 Å². The molecule has 0 saturated carbocycles. The maximum absolute atomic E-state index is 13.3. The van der Waals surface area contributed by atoms with E-state index in [-0.39, 0.29) is 36.9 Å². The van der Waals surface area contributed by atoms with Gasteiger partial charge in [-0.2, -0.15) is 0 Å². The predicted octanol–water partition coefficient (Wildman–Crippen LogP) is 2.79. The van der Waals surface area contributed by atoms with E-state index in [1.807, 2.05) is 30.9 Å². The van der Waals surface area contributed by atoms with Crippen LogP contribution in [0.4, 0.5) is 5.69 Å². The lowest BCUT2D eigenvalue weighted by Gasteiger charge is -2.35. The maximum atomic E-state index is 13.3. The molecule has 184 valence electrons. The summed E-state index contributed by atoms with van der Waals surface area (Å²) in [7, 11) is 0. The van der Waals surface area contributed by atoms with E-state index in [0.717, 1.165) is 50.1 Å². The van der Waals surface area contributed by atoms with E-state index in [1.54, 1.807) is 11.0 Å². The standard InChI is InChI=1S/C26H35N3O5/c1-3-27-24(30)15-28(4-2)26(33)19-6-8-23-21(14-19)20-13-18(17-9-11-34-12-10-17)5-7-22(20)29(23)16-25(31)32/h6,8,13-14,17,20,22H,3-5,7,9-12,15-16H2,1-2H3,(H,27,30)(H,31,32).